The third-order valence-electron chi connectivity index (χ3n) is 8.29. The number of carbonyl (C=O) groups is 2. The number of nitrogens with one attached hydrogen (secondary N) is 2. The van der Waals surface area contributed by atoms with Crippen LogP contribution < -0.4 is 25.0 Å². The van der Waals surface area contributed by atoms with Crippen molar-refractivity contribution in [3.8, 4) is 29.0 Å². The number of rotatable bonds is 11. The number of hydrogen-bond donors (Lipinski definition) is 4. The number of aliphatic hydroxyl groups excluding tert-OH is 2. The number of benzene rings is 1. The maximum absolute atomic E-state index is 13.8. The quantitative estimate of drug-likeness (QED) is 0.218. The number of ether oxygens (including phenoxy) is 2. The number of hydrogen-bond acceptors (Lipinski definition) is 14. The molecule has 2 aliphatic rings. The Balaban J connectivity index is 1.38. The Kier molecular flexibility index (Phi) is 10.2. The largest absolute Gasteiger partial charge is 0.487 e. The van der Waals surface area contributed by atoms with Gasteiger partial charge in [0.15, 0.2) is 0 Å². The van der Waals surface area contributed by atoms with Crippen molar-refractivity contribution in [2.75, 3.05) is 63.6 Å². The molecule has 2 fully saturated rings. The SMILES string of the molecule is COc1nc(Nc2nccc(-c3ccc(O[C@H]4CCNCC4(C(=O)[C@@H](O)F)C(=O)[C@@H](O)F)c(C#N)c3)n2)ccc1N1CCN(C)CC1. The predicted octanol–water partition coefficient (Wildman–Crippen LogP) is 1.36. The summed E-state index contributed by atoms with van der Waals surface area (Å²) in [7, 11) is 3.63. The van der Waals surface area contributed by atoms with Crippen molar-refractivity contribution in [3.05, 3.63) is 48.2 Å². The third kappa shape index (κ3) is 6.98. The van der Waals surface area contributed by atoms with E-state index in [1.165, 1.54) is 18.3 Å². The van der Waals surface area contributed by atoms with Gasteiger partial charge in [-0.1, -0.05) is 0 Å². The summed E-state index contributed by atoms with van der Waals surface area (Å²) in [6.45, 7) is 3.14. The fourth-order valence-electron chi connectivity index (χ4n) is 5.74. The molecular formula is C31H34F2N8O6. The number of nitriles is 1. The second-order valence-corrected chi connectivity index (χ2v) is 11.2. The van der Waals surface area contributed by atoms with Gasteiger partial charge in [-0.3, -0.25) is 9.59 Å². The highest BCUT2D eigenvalue weighted by molar-refractivity contribution is 6.10. The molecule has 3 aromatic rings. The van der Waals surface area contributed by atoms with Crippen LogP contribution in [0.3, 0.4) is 0 Å². The van der Waals surface area contributed by atoms with Crippen molar-refractivity contribution in [2.24, 2.45) is 5.41 Å². The van der Waals surface area contributed by atoms with Crippen LogP contribution in [-0.4, -0.2) is 114 Å². The predicted molar refractivity (Wildman–Crippen MR) is 165 cm³/mol. The molecular weight excluding hydrogens is 618 g/mol. The molecule has 4 N–H and O–H groups in total. The fourth-order valence-corrected chi connectivity index (χ4v) is 5.74. The molecule has 2 saturated heterocycles. The van der Waals surface area contributed by atoms with E-state index >= 15 is 0 Å². The van der Waals surface area contributed by atoms with Gasteiger partial charge in [-0.05, 0) is 56.4 Å². The molecule has 16 heteroatoms. The fraction of sp³-hybridized carbons (Fsp3) is 0.419. The molecule has 0 bridgehead atoms. The summed E-state index contributed by atoms with van der Waals surface area (Å²) in [5.74, 6) is -2.28. The lowest BCUT2D eigenvalue weighted by Gasteiger charge is -2.41. The standard InChI is InChI=1S/C31H34F2N8O6/c1-40-11-13-41(14-12-40)21-4-6-24(38-29(21)46-2)39-30-36-10-7-20(37-30)18-3-5-22(19(15-18)16-34)47-23-8-9-35-17-31(23,25(42)27(32)44)26(43)28(33)45/h3-7,10,15,23,27-28,35,44-45H,8-9,11-14,17H2,1-2H3,(H,36,37,38,39)/t23-,27+,28+/m0/s1. The minimum absolute atomic E-state index is 0.0320. The third-order valence-corrected chi connectivity index (χ3v) is 8.29. The number of piperazine rings is 1. The number of aliphatic hydroxyl groups is 2. The normalized spacial score (nSPS) is 19.3. The summed E-state index contributed by atoms with van der Waals surface area (Å²) >= 11 is 0. The molecule has 0 spiro atoms. The van der Waals surface area contributed by atoms with Crippen molar-refractivity contribution in [1.29, 1.82) is 5.26 Å². The van der Waals surface area contributed by atoms with Crippen LogP contribution in [0.1, 0.15) is 12.0 Å². The zero-order valence-corrected chi connectivity index (χ0v) is 25.7. The van der Waals surface area contributed by atoms with E-state index in [1.54, 1.807) is 25.3 Å². The molecule has 0 radical (unpaired) electrons. The summed E-state index contributed by atoms with van der Waals surface area (Å²) in [5, 5.41) is 34.5. The molecule has 0 aliphatic carbocycles. The molecule has 2 aromatic heterocycles. The van der Waals surface area contributed by atoms with Crippen LogP contribution in [0.15, 0.2) is 42.6 Å². The van der Waals surface area contributed by atoms with Crippen LogP contribution in [0.25, 0.3) is 11.3 Å². The number of alkyl halides is 2. The van der Waals surface area contributed by atoms with Crippen LogP contribution in [0.2, 0.25) is 0 Å². The highest BCUT2D eigenvalue weighted by Gasteiger charge is 2.58. The van der Waals surface area contributed by atoms with Crippen molar-refractivity contribution in [3.63, 3.8) is 0 Å². The van der Waals surface area contributed by atoms with E-state index in [0.29, 0.717) is 23.0 Å². The van der Waals surface area contributed by atoms with Gasteiger partial charge in [0, 0.05) is 44.5 Å². The number of methoxy groups -OCH3 is 1. The van der Waals surface area contributed by atoms with Crippen molar-refractivity contribution in [2.45, 2.75) is 25.2 Å². The van der Waals surface area contributed by atoms with Gasteiger partial charge in [0.25, 0.3) is 12.7 Å². The van der Waals surface area contributed by atoms with E-state index in [9.17, 15) is 33.8 Å². The lowest BCUT2D eigenvalue weighted by atomic mass is 9.70. The molecule has 248 valence electrons. The van der Waals surface area contributed by atoms with E-state index in [1.807, 2.05) is 12.1 Å². The number of carbonyl (C=O) groups excluding carboxylic acids is 2. The maximum Gasteiger partial charge on any atom is 0.257 e. The minimum Gasteiger partial charge on any atom is -0.487 e. The highest BCUT2D eigenvalue weighted by Crippen LogP contribution is 2.37. The molecule has 3 atom stereocenters. The van der Waals surface area contributed by atoms with Crippen LogP contribution >= 0.6 is 0 Å². The average molecular weight is 653 g/mol. The number of aromatic nitrogens is 3. The molecule has 0 unspecified atom stereocenters. The number of nitrogens with zero attached hydrogens (tertiary/aromatic N) is 6. The first-order valence-electron chi connectivity index (χ1n) is 14.8. The van der Waals surface area contributed by atoms with Gasteiger partial charge >= 0.3 is 0 Å². The Morgan fingerprint density at radius 3 is 2.49 bits per heavy atom. The van der Waals surface area contributed by atoms with Crippen LogP contribution in [0, 0.1) is 16.7 Å². The Bertz CT molecular complexity index is 1640. The van der Waals surface area contributed by atoms with Crippen LogP contribution in [-0.2, 0) is 9.59 Å². The molecule has 14 nitrogen and oxygen atoms in total. The summed E-state index contributed by atoms with van der Waals surface area (Å²) in [6.07, 6.45) is -6.34. The molecule has 4 heterocycles. The Morgan fingerprint density at radius 1 is 1.11 bits per heavy atom. The highest BCUT2D eigenvalue weighted by atomic mass is 19.1. The van der Waals surface area contributed by atoms with Gasteiger partial charge in [0.2, 0.25) is 23.4 Å². The summed E-state index contributed by atoms with van der Waals surface area (Å²) in [5.41, 5.74) is -0.829. The van der Waals surface area contributed by atoms with Crippen molar-refractivity contribution >= 4 is 29.0 Å². The number of likely N-dealkylation sites (N-methyl/N-ethyl adjacent to an activating group) is 1. The van der Waals surface area contributed by atoms with E-state index in [2.05, 4.69) is 42.4 Å². The number of halogens is 2. The van der Waals surface area contributed by atoms with Crippen LogP contribution in [0.4, 0.5) is 26.2 Å². The van der Waals surface area contributed by atoms with E-state index in [0.717, 1.165) is 31.9 Å². The number of pyridine rings is 1. The summed E-state index contributed by atoms with van der Waals surface area (Å²) in [4.78, 5) is 43.3. The van der Waals surface area contributed by atoms with Gasteiger partial charge in [-0.25, -0.2) is 18.7 Å². The zero-order chi connectivity index (χ0) is 33.7. The zero-order valence-electron chi connectivity index (χ0n) is 25.7. The van der Waals surface area contributed by atoms with E-state index in [4.69, 9.17) is 9.47 Å². The first kappa shape index (κ1) is 33.5. The monoisotopic (exact) mass is 652 g/mol. The molecule has 1 aromatic carbocycles. The maximum atomic E-state index is 13.8. The molecule has 0 amide bonds. The van der Waals surface area contributed by atoms with Crippen molar-refractivity contribution in [1.82, 2.24) is 25.2 Å². The number of ketones is 2. The average Bonchev–Trinajstić information content (AvgIpc) is 3.08. The summed E-state index contributed by atoms with van der Waals surface area (Å²) < 4.78 is 39.1. The first-order chi connectivity index (χ1) is 22.6. The lowest BCUT2D eigenvalue weighted by molar-refractivity contribution is -0.169. The number of piperidine rings is 1. The van der Waals surface area contributed by atoms with Gasteiger partial charge in [0.1, 0.15) is 34.8 Å². The second kappa shape index (κ2) is 14.3. The number of anilines is 3. The van der Waals surface area contributed by atoms with Crippen molar-refractivity contribution < 1.29 is 38.1 Å². The number of Topliss-reactive ketones (excluding diaryl/α,β-unsaturated/α-hetero) is 2. The first-order valence-corrected chi connectivity index (χ1v) is 14.8. The van der Waals surface area contributed by atoms with Gasteiger partial charge in [-0.2, -0.15) is 10.2 Å². The van der Waals surface area contributed by atoms with Gasteiger partial charge in [0.05, 0.1) is 18.4 Å². The Morgan fingerprint density at radius 2 is 1.83 bits per heavy atom. The molecule has 2 aliphatic heterocycles. The smallest absolute Gasteiger partial charge is 0.257 e. The van der Waals surface area contributed by atoms with Crippen LogP contribution in [0.5, 0.6) is 11.6 Å². The Labute approximate surface area is 269 Å². The van der Waals surface area contributed by atoms with Gasteiger partial charge in [-0.15, -0.1) is 0 Å². The van der Waals surface area contributed by atoms with Gasteiger partial charge < -0.3 is 40.1 Å². The molecule has 47 heavy (non-hydrogen) atoms. The Hall–Kier alpha value is -4.82. The topological polar surface area (TPSA) is 186 Å². The van der Waals surface area contributed by atoms with E-state index in [-0.39, 0.29) is 30.2 Å². The van der Waals surface area contributed by atoms with E-state index < -0.39 is 42.3 Å². The minimum atomic E-state index is -3.13. The molecule has 5 rings (SSSR count). The second-order valence-electron chi connectivity index (χ2n) is 11.2. The lowest BCUT2D eigenvalue weighted by Crippen LogP contribution is -2.64. The molecule has 0 saturated carbocycles. The summed E-state index contributed by atoms with van der Waals surface area (Å²) in [6, 6.07) is 11.7.